The second-order valence-corrected chi connectivity index (χ2v) is 5.23. The fourth-order valence-corrected chi connectivity index (χ4v) is 1.87. The van der Waals surface area contributed by atoms with Crippen molar-refractivity contribution in [1.82, 2.24) is 0 Å². The van der Waals surface area contributed by atoms with E-state index in [-0.39, 0.29) is 5.75 Å². The van der Waals surface area contributed by atoms with Crippen molar-refractivity contribution in [3.63, 3.8) is 0 Å². The highest BCUT2D eigenvalue weighted by Crippen LogP contribution is 2.06. The average molecular weight is 228 g/mol. The van der Waals surface area contributed by atoms with E-state index in [1.807, 2.05) is 24.3 Å². The third-order valence-corrected chi connectivity index (χ3v) is 3.01. The molecule has 4 N–H and O–H groups in total. The standard InChI is InChI=1S/C10H16N2O2S/c11-8-10-5-3-9(4-6-10)2-1-7-15(12,13)14/h3-6H,1-2,7-8,11H2,(H2,12,13,14). The minimum Gasteiger partial charge on any atom is -0.326 e. The Morgan fingerprint density at radius 3 is 2.07 bits per heavy atom. The van der Waals surface area contributed by atoms with E-state index >= 15 is 0 Å². The summed E-state index contributed by atoms with van der Waals surface area (Å²) in [4.78, 5) is 0. The van der Waals surface area contributed by atoms with Crippen molar-refractivity contribution in [2.45, 2.75) is 19.4 Å². The summed E-state index contributed by atoms with van der Waals surface area (Å²) in [5, 5.41) is 4.90. The number of rotatable bonds is 5. The first kappa shape index (κ1) is 12.2. The number of hydrogen-bond donors (Lipinski definition) is 2. The predicted molar refractivity (Wildman–Crippen MR) is 60.6 cm³/mol. The molecular formula is C10H16N2O2S. The fraction of sp³-hybridized carbons (Fsp3) is 0.400. The molecule has 1 rings (SSSR count). The van der Waals surface area contributed by atoms with Gasteiger partial charge in [0.2, 0.25) is 10.0 Å². The van der Waals surface area contributed by atoms with E-state index in [4.69, 9.17) is 10.9 Å². The van der Waals surface area contributed by atoms with Crippen LogP contribution in [0.1, 0.15) is 17.5 Å². The van der Waals surface area contributed by atoms with Crippen LogP contribution < -0.4 is 10.9 Å². The second-order valence-electron chi connectivity index (χ2n) is 3.49. The van der Waals surface area contributed by atoms with Crippen LogP contribution in [0.15, 0.2) is 24.3 Å². The minimum absolute atomic E-state index is 0.0334. The summed E-state index contributed by atoms with van der Waals surface area (Å²) in [7, 11) is -3.33. The van der Waals surface area contributed by atoms with Crippen molar-refractivity contribution in [2.75, 3.05) is 5.75 Å². The van der Waals surface area contributed by atoms with Gasteiger partial charge >= 0.3 is 0 Å². The Hall–Kier alpha value is -0.910. The topological polar surface area (TPSA) is 86.2 Å². The molecule has 0 fully saturated rings. The lowest BCUT2D eigenvalue weighted by Crippen LogP contribution is -2.16. The molecule has 0 saturated carbocycles. The average Bonchev–Trinajstić information content (AvgIpc) is 2.17. The number of hydrogen-bond acceptors (Lipinski definition) is 3. The van der Waals surface area contributed by atoms with E-state index < -0.39 is 10.0 Å². The molecule has 0 aliphatic carbocycles. The quantitative estimate of drug-likeness (QED) is 0.763. The summed E-state index contributed by atoms with van der Waals surface area (Å²) in [5.41, 5.74) is 7.64. The number of nitrogens with two attached hydrogens (primary N) is 2. The van der Waals surface area contributed by atoms with Crippen LogP contribution in [0.25, 0.3) is 0 Å². The molecule has 0 aromatic heterocycles. The van der Waals surface area contributed by atoms with Gasteiger partial charge in [-0.1, -0.05) is 24.3 Å². The van der Waals surface area contributed by atoms with Crippen LogP contribution in [0.5, 0.6) is 0 Å². The highest BCUT2D eigenvalue weighted by atomic mass is 32.2. The normalized spacial score (nSPS) is 11.6. The first-order valence-corrected chi connectivity index (χ1v) is 6.51. The smallest absolute Gasteiger partial charge is 0.209 e. The van der Waals surface area contributed by atoms with E-state index in [1.165, 1.54) is 0 Å². The third kappa shape index (κ3) is 4.92. The van der Waals surface area contributed by atoms with Crippen LogP contribution in [0, 0.1) is 0 Å². The zero-order chi connectivity index (χ0) is 11.3. The summed E-state index contributed by atoms with van der Waals surface area (Å²) in [6, 6.07) is 7.83. The van der Waals surface area contributed by atoms with Crippen LogP contribution in [-0.4, -0.2) is 14.2 Å². The van der Waals surface area contributed by atoms with Crippen molar-refractivity contribution in [2.24, 2.45) is 10.9 Å². The van der Waals surface area contributed by atoms with Crippen molar-refractivity contribution in [1.29, 1.82) is 0 Å². The molecule has 0 saturated heterocycles. The lowest BCUT2D eigenvalue weighted by molar-refractivity contribution is 0.595. The summed E-state index contributed by atoms with van der Waals surface area (Å²) in [6.45, 7) is 0.525. The molecule has 4 nitrogen and oxygen atoms in total. The molecule has 0 radical (unpaired) electrons. The zero-order valence-corrected chi connectivity index (χ0v) is 9.33. The van der Waals surface area contributed by atoms with E-state index in [0.717, 1.165) is 17.5 Å². The number of sulfonamides is 1. The first-order valence-electron chi connectivity index (χ1n) is 4.79. The second kappa shape index (κ2) is 5.25. The van der Waals surface area contributed by atoms with Crippen LogP contribution in [0.4, 0.5) is 0 Å². The number of benzene rings is 1. The van der Waals surface area contributed by atoms with E-state index in [9.17, 15) is 8.42 Å². The van der Waals surface area contributed by atoms with Gasteiger partial charge in [-0.2, -0.15) is 0 Å². The molecule has 0 amide bonds. The molecule has 84 valence electrons. The molecule has 0 atom stereocenters. The molecule has 0 spiro atoms. The van der Waals surface area contributed by atoms with Gasteiger partial charge in [0.15, 0.2) is 0 Å². The monoisotopic (exact) mass is 228 g/mol. The highest BCUT2D eigenvalue weighted by molar-refractivity contribution is 7.89. The maximum absolute atomic E-state index is 10.7. The van der Waals surface area contributed by atoms with Crippen LogP contribution >= 0.6 is 0 Å². The number of primary sulfonamides is 1. The van der Waals surface area contributed by atoms with Gasteiger partial charge in [0.1, 0.15) is 0 Å². The Bertz CT molecular complexity index is 398. The van der Waals surface area contributed by atoms with Gasteiger partial charge in [-0.15, -0.1) is 0 Å². The lowest BCUT2D eigenvalue weighted by atomic mass is 10.1. The Morgan fingerprint density at radius 1 is 1.07 bits per heavy atom. The summed E-state index contributed by atoms with van der Waals surface area (Å²) < 4.78 is 21.4. The fourth-order valence-electron chi connectivity index (χ4n) is 1.32. The minimum atomic E-state index is -3.33. The molecule has 0 aliphatic rings. The zero-order valence-electron chi connectivity index (χ0n) is 8.52. The van der Waals surface area contributed by atoms with Crippen LogP contribution in [0.2, 0.25) is 0 Å². The van der Waals surface area contributed by atoms with Crippen molar-refractivity contribution < 1.29 is 8.42 Å². The number of aryl methyl sites for hydroxylation is 1. The Kier molecular flexibility index (Phi) is 4.26. The summed E-state index contributed by atoms with van der Waals surface area (Å²) in [5.74, 6) is 0.0334. The van der Waals surface area contributed by atoms with Crippen LogP contribution in [0.3, 0.4) is 0 Å². The Balaban J connectivity index is 2.45. The first-order chi connectivity index (χ1) is 7.01. The van der Waals surface area contributed by atoms with Crippen molar-refractivity contribution in [3.8, 4) is 0 Å². The Morgan fingerprint density at radius 2 is 1.60 bits per heavy atom. The highest BCUT2D eigenvalue weighted by Gasteiger charge is 2.02. The summed E-state index contributed by atoms with van der Waals surface area (Å²) in [6.07, 6.45) is 1.28. The van der Waals surface area contributed by atoms with E-state index in [1.54, 1.807) is 0 Å². The van der Waals surface area contributed by atoms with Gasteiger partial charge in [0, 0.05) is 6.54 Å². The van der Waals surface area contributed by atoms with Gasteiger partial charge in [-0.05, 0) is 24.0 Å². The molecule has 1 aromatic carbocycles. The van der Waals surface area contributed by atoms with Gasteiger partial charge in [0.25, 0.3) is 0 Å². The molecule has 0 bridgehead atoms. The van der Waals surface area contributed by atoms with E-state index in [0.29, 0.717) is 13.0 Å². The predicted octanol–water partition coefficient (Wildman–Crippen LogP) is 0.366. The molecule has 1 aromatic rings. The third-order valence-electron chi connectivity index (χ3n) is 2.15. The molecule has 0 heterocycles. The Labute approximate surface area is 90.3 Å². The summed E-state index contributed by atoms with van der Waals surface area (Å²) >= 11 is 0. The van der Waals surface area contributed by atoms with Crippen molar-refractivity contribution in [3.05, 3.63) is 35.4 Å². The van der Waals surface area contributed by atoms with Gasteiger partial charge in [-0.25, -0.2) is 13.6 Å². The van der Waals surface area contributed by atoms with Gasteiger partial charge in [-0.3, -0.25) is 0 Å². The van der Waals surface area contributed by atoms with Gasteiger partial charge in [0.05, 0.1) is 5.75 Å². The van der Waals surface area contributed by atoms with Gasteiger partial charge < -0.3 is 5.73 Å². The lowest BCUT2D eigenvalue weighted by Gasteiger charge is -2.02. The maximum Gasteiger partial charge on any atom is 0.209 e. The van der Waals surface area contributed by atoms with E-state index in [2.05, 4.69) is 0 Å². The largest absolute Gasteiger partial charge is 0.326 e. The molecule has 0 aliphatic heterocycles. The maximum atomic E-state index is 10.7. The molecule has 0 unspecified atom stereocenters. The van der Waals surface area contributed by atoms with Crippen LogP contribution in [-0.2, 0) is 23.0 Å². The molecule has 5 heteroatoms. The molecular weight excluding hydrogens is 212 g/mol. The molecule has 15 heavy (non-hydrogen) atoms. The SMILES string of the molecule is NCc1ccc(CCCS(N)(=O)=O)cc1. The van der Waals surface area contributed by atoms with Crippen molar-refractivity contribution >= 4 is 10.0 Å².